The molecule has 3 nitrogen and oxygen atoms in total. The molecule has 2 atom stereocenters. The molecule has 88 valence electrons. The molecule has 0 bridgehead atoms. The van der Waals surface area contributed by atoms with E-state index in [1.807, 2.05) is 19.1 Å². The highest BCUT2D eigenvalue weighted by atomic mass is 16.5. The lowest BCUT2D eigenvalue weighted by molar-refractivity contribution is 0.335. The molecular weight excluding hydrogens is 200 g/mol. The standard InChI is InChI=1S/C13H20N2O/c1-2-16-11-6-3-5-10(9-11)13-12(14)7-4-8-15-13/h3,5-6,9,12-13,15H,2,4,7-8,14H2,1H3. The minimum absolute atomic E-state index is 0.214. The van der Waals surface area contributed by atoms with Crippen LogP contribution in [0, 0.1) is 0 Å². The summed E-state index contributed by atoms with van der Waals surface area (Å²) in [5.41, 5.74) is 7.37. The Hall–Kier alpha value is -1.06. The van der Waals surface area contributed by atoms with Crippen molar-refractivity contribution in [2.75, 3.05) is 13.2 Å². The van der Waals surface area contributed by atoms with E-state index in [0.717, 1.165) is 18.7 Å². The van der Waals surface area contributed by atoms with E-state index >= 15 is 0 Å². The number of piperidine rings is 1. The van der Waals surface area contributed by atoms with E-state index in [1.54, 1.807) is 0 Å². The fourth-order valence-corrected chi connectivity index (χ4v) is 2.24. The Kier molecular flexibility index (Phi) is 3.80. The Labute approximate surface area is 97.0 Å². The molecule has 1 heterocycles. The zero-order valence-corrected chi connectivity index (χ0v) is 9.78. The Morgan fingerprint density at radius 1 is 1.50 bits per heavy atom. The summed E-state index contributed by atoms with van der Waals surface area (Å²) in [5, 5.41) is 3.47. The first-order chi connectivity index (χ1) is 7.81. The van der Waals surface area contributed by atoms with Gasteiger partial charge in [0, 0.05) is 12.1 Å². The minimum Gasteiger partial charge on any atom is -0.494 e. The number of benzene rings is 1. The highest BCUT2D eigenvalue weighted by Crippen LogP contribution is 2.25. The van der Waals surface area contributed by atoms with Gasteiger partial charge in [0.05, 0.1) is 6.61 Å². The van der Waals surface area contributed by atoms with Crippen molar-refractivity contribution in [3.63, 3.8) is 0 Å². The largest absolute Gasteiger partial charge is 0.494 e. The van der Waals surface area contributed by atoms with Crippen molar-refractivity contribution >= 4 is 0 Å². The third kappa shape index (κ3) is 2.54. The molecule has 1 aromatic rings. The molecule has 3 N–H and O–H groups in total. The summed E-state index contributed by atoms with van der Waals surface area (Å²) < 4.78 is 5.50. The lowest BCUT2D eigenvalue weighted by atomic mass is 9.93. The van der Waals surface area contributed by atoms with Crippen LogP contribution in [0.4, 0.5) is 0 Å². The fourth-order valence-electron chi connectivity index (χ4n) is 2.24. The summed E-state index contributed by atoms with van der Waals surface area (Å²) in [7, 11) is 0. The van der Waals surface area contributed by atoms with Crippen LogP contribution in [0.25, 0.3) is 0 Å². The first kappa shape index (κ1) is 11.4. The zero-order valence-electron chi connectivity index (χ0n) is 9.78. The third-order valence-corrected chi connectivity index (χ3v) is 3.03. The fraction of sp³-hybridized carbons (Fsp3) is 0.538. The highest BCUT2D eigenvalue weighted by Gasteiger charge is 2.22. The number of ether oxygens (including phenoxy) is 1. The van der Waals surface area contributed by atoms with Gasteiger partial charge in [-0.3, -0.25) is 0 Å². The lowest BCUT2D eigenvalue weighted by Crippen LogP contribution is -2.42. The average molecular weight is 220 g/mol. The number of hydrogen-bond donors (Lipinski definition) is 2. The molecule has 0 amide bonds. The molecule has 3 heteroatoms. The van der Waals surface area contributed by atoms with Gasteiger partial charge >= 0.3 is 0 Å². The Bertz CT molecular complexity index is 340. The van der Waals surface area contributed by atoms with E-state index in [-0.39, 0.29) is 12.1 Å². The van der Waals surface area contributed by atoms with E-state index in [9.17, 15) is 0 Å². The topological polar surface area (TPSA) is 47.3 Å². The normalized spacial score (nSPS) is 25.4. The van der Waals surface area contributed by atoms with E-state index < -0.39 is 0 Å². The molecule has 2 rings (SSSR count). The summed E-state index contributed by atoms with van der Waals surface area (Å²) in [6.07, 6.45) is 2.26. The van der Waals surface area contributed by atoms with Crippen LogP contribution >= 0.6 is 0 Å². The molecule has 1 aliphatic heterocycles. The van der Waals surface area contributed by atoms with Crippen LogP contribution < -0.4 is 15.8 Å². The van der Waals surface area contributed by atoms with Crippen LogP contribution in [0.2, 0.25) is 0 Å². The molecule has 1 fully saturated rings. The third-order valence-electron chi connectivity index (χ3n) is 3.03. The summed E-state index contributed by atoms with van der Waals surface area (Å²) in [6, 6.07) is 8.71. The van der Waals surface area contributed by atoms with Crippen LogP contribution in [-0.4, -0.2) is 19.2 Å². The minimum atomic E-state index is 0.214. The molecule has 16 heavy (non-hydrogen) atoms. The van der Waals surface area contributed by atoms with Gasteiger partial charge in [0.25, 0.3) is 0 Å². The summed E-state index contributed by atoms with van der Waals surface area (Å²) >= 11 is 0. The number of nitrogens with two attached hydrogens (primary N) is 1. The highest BCUT2D eigenvalue weighted by molar-refractivity contribution is 5.31. The maximum atomic E-state index is 6.13. The summed E-state index contributed by atoms with van der Waals surface area (Å²) in [5.74, 6) is 0.930. The van der Waals surface area contributed by atoms with Crippen molar-refractivity contribution < 1.29 is 4.74 Å². The van der Waals surface area contributed by atoms with Crippen LogP contribution in [0.5, 0.6) is 5.75 Å². The van der Waals surface area contributed by atoms with Gasteiger partial charge in [-0.05, 0) is 44.0 Å². The smallest absolute Gasteiger partial charge is 0.119 e. The van der Waals surface area contributed by atoms with E-state index in [0.29, 0.717) is 6.61 Å². The van der Waals surface area contributed by atoms with E-state index in [4.69, 9.17) is 10.5 Å². The zero-order chi connectivity index (χ0) is 11.4. The molecular formula is C13H20N2O. The van der Waals surface area contributed by atoms with Crippen molar-refractivity contribution in [1.29, 1.82) is 0 Å². The first-order valence-electron chi connectivity index (χ1n) is 6.03. The lowest BCUT2D eigenvalue weighted by Gasteiger charge is -2.30. The van der Waals surface area contributed by atoms with Crippen molar-refractivity contribution in [3.8, 4) is 5.75 Å². The van der Waals surface area contributed by atoms with Gasteiger partial charge in [-0.1, -0.05) is 12.1 Å². The molecule has 1 aliphatic rings. The Morgan fingerprint density at radius 3 is 3.12 bits per heavy atom. The molecule has 0 spiro atoms. The van der Waals surface area contributed by atoms with Gasteiger partial charge in [0.1, 0.15) is 5.75 Å². The monoisotopic (exact) mass is 220 g/mol. The first-order valence-corrected chi connectivity index (χ1v) is 6.03. The molecule has 0 aromatic heterocycles. The summed E-state index contributed by atoms with van der Waals surface area (Å²) in [4.78, 5) is 0. The second kappa shape index (κ2) is 5.32. The predicted octanol–water partition coefficient (Wildman–Crippen LogP) is 1.84. The maximum absolute atomic E-state index is 6.13. The van der Waals surface area contributed by atoms with E-state index in [2.05, 4.69) is 17.4 Å². The van der Waals surface area contributed by atoms with Crippen molar-refractivity contribution in [2.24, 2.45) is 5.73 Å². The van der Waals surface area contributed by atoms with Gasteiger partial charge in [-0.25, -0.2) is 0 Å². The van der Waals surface area contributed by atoms with Gasteiger partial charge in [0.2, 0.25) is 0 Å². The van der Waals surface area contributed by atoms with Crippen molar-refractivity contribution in [3.05, 3.63) is 29.8 Å². The van der Waals surface area contributed by atoms with Gasteiger partial charge in [-0.15, -0.1) is 0 Å². The summed E-state index contributed by atoms with van der Waals surface area (Å²) in [6.45, 7) is 3.75. The quantitative estimate of drug-likeness (QED) is 0.817. The van der Waals surface area contributed by atoms with Crippen LogP contribution in [0.3, 0.4) is 0 Å². The SMILES string of the molecule is CCOc1cccc(C2NCCCC2N)c1. The predicted molar refractivity (Wildman–Crippen MR) is 65.6 cm³/mol. The Balaban J connectivity index is 2.15. The average Bonchev–Trinajstić information content (AvgIpc) is 2.30. The maximum Gasteiger partial charge on any atom is 0.119 e. The second-order valence-electron chi connectivity index (χ2n) is 4.24. The van der Waals surface area contributed by atoms with Gasteiger partial charge in [-0.2, -0.15) is 0 Å². The molecule has 1 aromatic carbocycles. The molecule has 0 saturated carbocycles. The Morgan fingerprint density at radius 2 is 2.38 bits per heavy atom. The molecule has 0 aliphatic carbocycles. The molecule has 1 saturated heterocycles. The van der Waals surface area contributed by atoms with Crippen LogP contribution in [-0.2, 0) is 0 Å². The van der Waals surface area contributed by atoms with Gasteiger partial charge in [0.15, 0.2) is 0 Å². The molecule has 0 radical (unpaired) electrons. The van der Waals surface area contributed by atoms with Crippen molar-refractivity contribution in [2.45, 2.75) is 31.8 Å². The number of nitrogens with one attached hydrogen (secondary N) is 1. The second-order valence-corrected chi connectivity index (χ2v) is 4.24. The molecule has 2 unspecified atom stereocenters. The van der Waals surface area contributed by atoms with Crippen molar-refractivity contribution in [1.82, 2.24) is 5.32 Å². The van der Waals surface area contributed by atoms with Gasteiger partial charge < -0.3 is 15.8 Å². The van der Waals surface area contributed by atoms with E-state index in [1.165, 1.54) is 12.0 Å². The van der Waals surface area contributed by atoms with Crippen LogP contribution in [0.15, 0.2) is 24.3 Å². The number of rotatable bonds is 3. The van der Waals surface area contributed by atoms with Crippen LogP contribution in [0.1, 0.15) is 31.4 Å². The number of hydrogen-bond acceptors (Lipinski definition) is 3.